The molecule has 0 aliphatic heterocycles. The lowest BCUT2D eigenvalue weighted by Crippen LogP contribution is -2.01. The first kappa shape index (κ1) is 10.5. The molecule has 0 aliphatic carbocycles. The lowest BCUT2D eigenvalue weighted by Gasteiger charge is -2.07. The van der Waals surface area contributed by atoms with E-state index in [9.17, 15) is 0 Å². The molecule has 0 bridgehead atoms. The third-order valence-electron chi connectivity index (χ3n) is 2.58. The Kier molecular flexibility index (Phi) is 2.33. The summed E-state index contributed by atoms with van der Waals surface area (Å²) in [5, 5.41) is 3.20. The summed E-state index contributed by atoms with van der Waals surface area (Å²) in [6.07, 6.45) is 1.57. The number of nitrogen functional groups attached to an aromatic ring is 1. The molecule has 0 atom stereocenters. The van der Waals surface area contributed by atoms with Crippen LogP contribution in [0.2, 0.25) is 0 Å². The fraction of sp³-hybridized carbons (Fsp3) is 0.0833. The van der Waals surface area contributed by atoms with E-state index in [0.717, 1.165) is 5.69 Å². The standard InChI is InChI=1S/C12H12N6/c1-7-3-2-4-8(5-7)16-11-9-10(15-6-14-9)17-12(13)18-11/h2-6H,1H3,(H4,13,14,15,16,17,18). The van der Waals surface area contributed by atoms with Gasteiger partial charge >= 0.3 is 0 Å². The summed E-state index contributed by atoms with van der Waals surface area (Å²) in [5.74, 6) is 0.811. The first-order valence-corrected chi connectivity index (χ1v) is 5.52. The van der Waals surface area contributed by atoms with Crippen LogP contribution in [0, 0.1) is 6.92 Å². The van der Waals surface area contributed by atoms with Crippen LogP contribution in [0.1, 0.15) is 5.56 Å². The number of nitrogens with zero attached hydrogens (tertiary/aromatic N) is 3. The van der Waals surface area contributed by atoms with Gasteiger partial charge in [0.2, 0.25) is 5.95 Å². The first-order chi connectivity index (χ1) is 8.72. The molecule has 6 heteroatoms. The Morgan fingerprint density at radius 1 is 1.28 bits per heavy atom. The van der Waals surface area contributed by atoms with E-state index in [1.54, 1.807) is 6.33 Å². The number of anilines is 3. The molecular formula is C12H12N6. The number of nitrogens with one attached hydrogen (secondary N) is 2. The molecule has 3 rings (SSSR count). The van der Waals surface area contributed by atoms with Crippen molar-refractivity contribution in [1.82, 2.24) is 19.9 Å². The van der Waals surface area contributed by atoms with Gasteiger partial charge in [-0.1, -0.05) is 12.1 Å². The molecule has 1 aromatic carbocycles. The van der Waals surface area contributed by atoms with Crippen LogP contribution in [0.5, 0.6) is 0 Å². The maximum Gasteiger partial charge on any atom is 0.224 e. The van der Waals surface area contributed by atoms with Crippen LogP contribution < -0.4 is 11.1 Å². The van der Waals surface area contributed by atoms with Crippen molar-refractivity contribution < 1.29 is 0 Å². The highest BCUT2D eigenvalue weighted by Crippen LogP contribution is 2.22. The Morgan fingerprint density at radius 3 is 3.00 bits per heavy atom. The van der Waals surface area contributed by atoms with E-state index in [1.807, 2.05) is 31.2 Å². The number of imidazole rings is 1. The number of benzene rings is 1. The molecule has 18 heavy (non-hydrogen) atoms. The third kappa shape index (κ3) is 1.84. The Morgan fingerprint density at radius 2 is 2.17 bits per heavy atom. The van der Waals surface area contributed by atoms with Gasteiger partial charge in [0, 0.05) is 5.69 Å². The van der Waals surface area contributed by atoms with E-state index in [1.165, 1.54) is 5.56 Å². The van der Waals surface area contributed by atoms with Crippen molar-refractivity contribution in [2.45, 2.75) is 6.92 Å². The largest absolute Gasteiger partial charge is 0.368 e. The molecule has 0 saturated heterocycles. The molecule has 2 aromatic heterocycles. The highest BCUT2D eigenvalue weighted by molar-refractivity contribution is 5.85. The van der Waals surface area contributed by atoms with Crippen molar-refractivity contribution in [2.75, 3.05) is 11.1 Å². The minimum atomic E-state index is 0.210. The van der Waals surface area contributed by atoms with Crippen molar-refractivity contribution >= 4 is 28.6 Å². The van der Waals surface area contributed by atoms with Gasteiger partial charge < -0.3 is 16.0 Å². The van der Waals surface area contributed by atoms with Gasteiger partial charge in [-0.2, -0.15) is 9.97 Å². The topological polar surface area (TPSA) is 92.5 Å². The van der Waals surface area contributed by atoms with Crippen molar-refractivity contribution in [2.24, 2.45) is 0 Å². The maximum atomic E-state index is 5.66. The molecule has 0 radical (unpaired) electrons. The number of hydrogen-bond donors (Lipinski definition) is 3. The smallest absolute Gasteiger partial charge is 0.224 e. The van der Waals surface area contributed by atoms with Crippen molar-refractivity contribution in [3.05, 3.63) is 36.2 Å². The highest BCUT2D eigenvalue weighted by atomic mass is 15.1. The minimum absolute atomic E-state index is 0.210. The summed E-state index contributed by atoms with van der Waals surface area (Å²) >= 11 is 0. The van der Waals surface area contributed by atoms with Gasteiger partial charge in [-0.05, 0) is 24.6 Å². The van der Waals surface area contributed by atoms with Crippen LogP contribution in [0.15, 0.2) is 30.6 Å². The summed E-state index contributed by atoms with van der Waals surface area (Å²) in [6.45, 7) is 2.03. The zero-order valence-electron chi connectivity index (χ0n) is 9.81. The minimum Gasteiger partial charge on any atom is -0.368 e. The Balaban J connectivity index is 2.06. The quantitative estimate of drug-likeness (QED) is 0.637. The summed E-state index contributed by atoms with van der Waals surface area (Å²) in [5.41, 5.74) is 9.06. The fourth-order valence-corrected chi connectivity index (χ4v) is 1.80. The Hall–Kier alpha value is -2.63. The lowest BCUT2D eigenvalue weighted by atomic mass is 10.2. The van der Waals surface area contributed by atoms with E-state index in [0.29, 0.717) is 17.0 Å². The van der Waals surface area contributed by atoms with Gasteiger partial charge in [-0.25, -0.2) is 4.98 Å². The third-order valence-corrected chi connectivity index (χ3v) is 2.58. The summed E-state index contributed by atoms with van der Waals surface area (Å²) < 4.78 is 0. The molecule has 0 aliphatic rings. The van der Waals surface area contributed by atoms with Crippen LogP contribution in [-0.2, 0) is 0 Å². The van der Waals surface area contributed by atoms with Crippen LogP contribution in [0.3, 0.4) is 0 Å². The van der Waals surface area contributed by atoms with E-state index in [4.69, 9.17) is 5.73 Å². The van der Waals surface area contributed by atoms with Crippen LogP contribution >= 0.6 is 0 Å². The predicted molar refractivity (Wildman–Crippen MR) is 70.6 cm³/mol. The Bertz CT molecular complexity index is 703. The first-order valence-electron chi connectivity index (χ1n) is 5.52. The number of nitrogens with two attached hydrogens (primary N) is 1. The molecule has 0 saturated carbocycles. The Labute approximate surface area is 103 Å². The molecule has 3 aromatic rings. The zero-order chi connectivity index (χ0) is 12.5. The van der Waals surface area contributed by atoms with Crippen LogP contribution in [0.4, 0.5) is 17.5 Å². The predicted octanol–water partition coefficient (Wildman–Crippen LogP) is 1.99. The SMILES string of the molecule is Cc1cccc(Nc2nc(N)nc3[nH]cnc23)c1. The monoisotopic (exact) mass is 240 g/mol. The molecule has 90 valence electrons. The molecule has 4 N–H and O–H groups in total. The van der Waals surface area contributed by atoms with E-state index < -0.39 is 0 Å². The molecule has 2 heterocycles. The van der Waals surface area contributed by atoms with Crippen molar-refractivity contribution in [3.8, 4) is 0 Å². The summed E-state index contributed by atoms with van der Waals surface area (Å²) in [4.78, 5) is 15.3. The second kappa shape index (κ2) is 3.99. The number of aromatic amines is 1. The lowest BCUT2D eigenvalue weighted by molar-refractivity contribution is 1.21. The average molecular weight is 240 g/mol. The summed E-state index contributed by atoms with van der Waals surface area (Å²) in [7, 11) is 0. The molecule has 0 spiro atoms. The van der Waals surface area contributed by atoms with Crippen LogP contribution in [0.25, 0.3) is 11.2 Å². The van der Waals surface area contributed by atoms with Crippen molar-refractivity contribution in [3.63, 3.8) is 0 Å². The van der Waals surface area contributed by atoms with E-state index in [-0.39, 0.29) is 5.95 Å². The maximum absolute atomic E-state index is 5.66. The summed E-state index contributed by atoms with van der Waals surface area (Å²) in [6, 6.07) is 7.99. The number of aromatic nitrogens is 4. The molecular weight excluding hydrogens is 228 g/mol. The number of aryl methyl sites for hydroxylation is 1. The van der Waals surface area contributed by atoms with Gasteiger partial charge in [0.05, 0.1) is 6.33 Å². The second-order valence-corrected chi connectivity index (χ2v) is 4.02. The van der Waals surface area contributed by atoms with Gasteiger partial charge in [0.15, 0.2) is 17.0 Å². The van der Waals surface area contributed by atoms with Gasteiger partial charge in [-0.3, -0.25) is 0 Å². The second-order valence-electron chi connectivity index (χ2n) is 4.02. The number of hydrogen-bond acceptors (Lipinski definition) is 5. The zero-order valence-corrected chi connectivity index (χ0v) is 9.81. The van der Waals surface area contributed by atoms with Gasteiger partial charge in [0.1, 0.15) is 0 Å². The highest BCUT2D eigenvalue weighted by Gasteiger charge is 2.08. The average Bonchev–Trinajstić information content (AvgIpc) is 2.77. The van der Waals surface area contributed by atoms with E-state index in [2.05, 4.69) is 25.3 Å². The number of H-pyrrole nitrogens is 1. The molecule has 0 unspecified atom stereocenters. The fourth-order valence-electron chi connectivity index (χ4n) is 1.80. The van der Waals surface area contributed by atoms with E-state index >= 15 is 0 Å². The van der Waals surface area contributed by atoms with Gasteiger partial charge in [-0.15, -0.1) is 0 Å². The molecule has 6 nitrogen and oxygen atoms in total. The van der Waals surface area contributed by atoms with Crippen molar-refractivity contribution in [1.29, 1.82) is 0 Å². The number of rotatable bonds is 2. The normalized spacial score (nSPS) is 10.7. The molecule has 0 amide bonds. The van der Waals surface area contributed by atoms with Gasteiger partial charge in [0.25, 0.3) is 0 Å². The molecule has 0 fully saturated rings. The number of fused-ring (bicyclic) bond motifs is 1. The van der Waals surface area contributed by atoms with Crippen LogP contribution in [-0.4, -0.2) is 19.9 Å².